The summed E-state index contributed by atoms with van der Waals surface area (Å²) in [5.74, 6) is 0. The lowest BCUT2D eigenvalue weighted by Gasteiger charge is -2.12. The van der Waals surface area contributed by atoms with Crippen LogP contribution in [-0.2, 0) is 0 Å². The first kappa shape index (κ1) is 20.0. The maximum atomic E-state index is 2.31. The first-order valence-corrected chi connectivity index (χ1v) is 11.1. The molecular formula is C32H26. The Hall–Kier alpha value is -3.90. The molecule has 0 unspecified atom stereocenters. The summed E-state index contributed by atoms with van der Waals surface area (Å²) in [7, 11) is 0. The molecule has 0 aliphatic carbocycles. The highest BCUT2D eigenvalue weighted by Crippen LogP contribution is 2.34. The Balaban J connectivity index is 1.59. The summed E-state index contributed by atoms with van der Waals surface area (Å²) in [6, 6.07) is 43.9. The van der Waals surface area contributed by atoms with E-state index in [1.54, 1.807) is 0 Å². The highest BCUT2D eigenvalue weighted by atomic mass is 14.1. The molecular weight excluding hydrogens is 384 g/mol. The van der Waals surface area contributed by atoms with Crippen molar-refractivity contribution in [1.82, 2.24) is 0 Å². The molecule has 0 aliphatic heterocycles. The van der Waals surface area contributed by atoms with Crippen LogP contribution >= 0.6 is 0 Å². The van der Waals surface area contributed by atoms with Crippen molar-refractivity contribution < 1.29 is 0 Å². The lowest BCUT2D eigenvalue weighted by Crippen LogP contribution is -1.87. The van der Waals surface area contributed by atoms with Gasteiger partial charge in [-0.1, -0.05) is 114 Å². The van der Waals surface area contributed by atoms with E-state index in [0.717, 1.165) is 0 Å². The second-order valence-corrected chi connectivity index (χ2v) is 8.48. The summed E-state index contributed by atoms with van der Waals surface area (Å²) in [6.07, 6.45) is 0. The highest BCUT2D eigenvalue weighted by Gasteiger charge is 2.08. The van der Waals surface area contributed by atoms with Crippen molar-refractivity contribution in [3.8, 4) is 44.5 Å². The molecule has 154 valence electrons. The molecule has 0 atom stereocenters. The molecule has 0 heterocycles. The zero-order valence-corrected chi connectivity index (χ0v) is 18.5. The first-order valence-electron chi connectivity index (χ1n) is 11.1. The standard InChI is InChI=1S/C32H26/c1-23-11-13-26(14-12-23)27-15-17-28(18-16-27)31-20-30(25-8-4-3-5-9-25)21-32(22-31)29-10-6-7-24(2)19-29/h3-22H,1-2H3. The van der Waals surface area contributed by atoms with Crippen molar-refractivity contribution >= 4 is 0 Å². The maximum absolute atomic E-state index is 2.31. The molecule has 5 rings (SSSR count). The summed E-state index contributed by atoms with van der Waals surface area (Å²) in [6.45, 7) is 4.27. The van der Waals surface area contributed by atoms with Crippen LogP contribution < -0.4 is 0 Å². The van der Waals surface area contributed by atoms with Gasteiger partial charge in [0.1, 0.15) is 0 Å². The van der Waals surface area contributed by atoms with Gasteiger partial charge in [0, 0.05) is 0 Å². The van der Waals surface area contributed by atoms with Crippen LogP contribution in [0.15, 0.2) is 121 Å². The largest absolute Gasteiger partial charge is 0.0622 e. The van der Waals surface area contributed by atoms with Crippen molar-refractivity contribution in [3.63, 3.8) is 0 Å². The zero-order valence-electron chi connectivity index (χ0n) is 18.5. The monoisotopic (exact) mass is 410 g/mol. The Morgan fingerprint density at radius 2 is 0.719 bits per heavy atom. The van der Waals surface area contributed by atoms with Gasteiger partial charge in [0.15, 0.2) is 0 Å². The minimum Gasteiger partial charge on any atom is -0.0622 e. The normalized spacial score (nSPS) is 10.8. The van der Waals surface area contributed by atoms with E-state index < -0.39 is 0 Å². The number of hydrogen-bond acceptors (Lipinski definition) is 0. The molecule has 5 aromatic rings. The van der Waals surface area contributed by atoms with Gasteiger partial charge in [-0.25, -0.2) is 0 Å². The molecule has 0 nitrogen and oxygen atoms in total. The minimum absolute atomic E-state index is 1.23. The van der Waals surface area contributed by atoms with Gasteiger partial charge in [0.05, 0.1) is 0 Å². The van der Waals surface area contributed by atoms with Crippen LogP contribution in [0.3, 0.4) is 0 Å². The zero-order chi connectivity index (χ0) is 21.9. The Labute approximate surface area is 190 Å². The number of benzene rings is 5. The molecule has 0 radical (unpaired) electrons. The van der Waals surface area contributed by atoms with E-state index in [1.807, 2.05) is 0 Å². The van der Waals surface area contributed by atoms with Crippen LogP contribution in [0, 0.1) is 13.8 Å². The van der Waals surface area contributed by atoms with Crippen LogP contribution in [0.2, 0.25) is 0 Å². The van der Waals surface area contributed by atoms with Gasteiger partial charge in [-0.05, 0) is 76.6 Å². The lowest BCUT2D eigenvalue weighted by molar-refractivity contribution is 1.46. The average molecular weight is 411 g/mol. The number of hydrogen-bond donors (Lipinski definition) is 0. The molecule has 0 fully saturated rings. The van der Waals surface area contributed by atoms with E-state index in [1.165, 1.54) is 55.6 Å². The van der Waals surface area contributed by atoms with E-state index in [0.29, 0.717) is 0 Å². The third-order valence-corrected chi connectivity index (χ3v) is 5.99. The van der Waals surface area contributed by atoms with Gasteiger partial charge in [0.2, 0.25) is 0 Å². The summed E-state index contributed by atoms with van der Waals surface area (Å²) in [5, 5.41) is 0. The van der Waals surface area contributed by atoms with Crippen molar-refractivity contribution in [2.45, 2.75) is 13.8 Å². The third kappa shape index (κ3) is 4.26. The second-order valence-electron chi connectivity index (χ2n) is 8.48. The van der Waals surface area contributed by atoms with Gasteiger partial charge >= 0.3 is 0 Å². The summed E-state index contributed by atoms with van der Waals surface area (Å²) < 4.78 is 0. The van der Waals surface area contributed by atoms with Crippen molar-refractivity contribution in [3.05, 3.63) is 132 Å². The molecule has 0 aromatic heterocycles. The predicted octanol–water partition coefficient (Wildman–Crippen LogP) is 8.97. The van der Waals surface area contributed by atoms with Crippen LogP contribution in [0.1, 0.15) is 11.1 Å². The van der Waals surface area contributed by atoms with Gasteiger partial charge in [-0.2, -0.15) is 0 Å². The fourth-order valence-electron chi connectivity index (χ4n) is 4.18. The SMILES string of the molecule is Cc1ccc(-c2ccc(-c3cc(-c4ccccc4)cc(-c4cccc(C)c4)c3)cc2)cc1. The number of aryl methyl sites for hydroxylation is 2. The van der Waals surface area contributed by atoms with Gasteiger partial charge in [-0.15, -0.1) is 0 Å². The Kier molecular flexibility index (Phi) is 5.44. The number of rotatable bonds is 4. The maximum Gasteiger partial charge on any atom is -0.0172 e. The van der Waals surface area contributed by atoms with E-state index in [4.69, 9.17) is 0 Å². The van der Waals surface area contributed by atoms with Crippen molar-refractivity contribution in [1.29, 1.82) is 0 Å². The molecule has 5 aromatic carbocycles. The van der Waals surface area contributed by atoms with Crippen LogP contribution in [0.25, 0.3) is 44.5 Å². The van der Waals surface area contributed by atoms with Gasteiger partial charge < -0.3 is 0 Å². The Bertz CT molecular complexity index is 1340. The molecule has 0 N–H and O–H groups in total. The summed E-state index contributed by atoms with van der Waals surface area (Å²) in [4.78, 5) is 0. The molecule has 0 heteroatoms. The van der Waals surface area contributed by atoms with Crippen LogP contribution in [0.4, 0.5) is 0 Å². The topological polar surface area (TPSA) is 0 Å². The van der Waals surface area contributed by atoms with E-state index in [2.05, 4.69) is 135 Å². The fraction of sp³-hybridized carbons (Fsp3) is 0.0625. The lowest BCUT2D eigenvalue weighted by atomic mass is 9.92. The van der Waals surface area contributed by atoms with Crippen molar-refractivity contribution in [2.24, 2.45) is 0 Å². The van der Waals surface area contributed by atoms with Gasteiger partial charge in [-0.3, -0.25) is 0 Å². The summed E-state index contributed by atoms with van der Waals surface area (Å²) in [5.41, 5.74) is 12.5. The first-order chi connectivity index (χ1) is 15.7. The quantitative estimate of drug-likeness (QED) is 0.277. The smallest absolute Gasteiger partial charge is 0.0172 e. The molecule has 0 bridgehead atoms. The molecule has 32 heavy (non-hydrogen) atoms. The molecule has 0 aliphatic rings. The van der Waals surface area contributed by atoms with Crippen LogP contribution in [-0.4, -0.2) is 0 Å². The van der Waals surface area contributed by atoms with E-state index in [-0.39, 0.29) is 0 Å². The average Bonchev–Trinajstić information content (AvgIpc) is 2.85. The Morgan fingerprint density at radius 3 is 1.28 bits per heavy atom. The predicted molar refractivity (Wildman–Crippen MR) is 138 cm³/mol. The minimum atomic E-state index is 1.23. The molecule has 0 saturated heterocycles. The third-order valence-electron chi connectivity index (χ3n) is 5.99. The highest BCUT2D eigenvalue weighted by molar-refractivity contribution is 5.82. The van der Waals surface area contributed by atoms with Gasteiger partial charge in [0.25, 0.3) is 0 Å². The van der Waals surface area contributed by atoms with E-state index in [9.17, 15) is 0 Å². The van der Waals surface area contributed by atoms with Crippen molar-refractivity contribution in [2.75, 3.05) is 0 Å². The molecule has 0 amide bonds. The molecule has 0 spiro atoms. The second kappa shape index (κ2) is 8.69. The summed E-state index contributed by atoms with van der Waals surface area (Å²) >= 11 is 0. The Morgan fingerprint density at radius 1 is 0.281 bits per heavy atom. The molecule has 0 saturated carbocycles. The fourth-order valence-corrected chi connectivity index (χ4v) is 4.18. The van der Waals surface area contributed by atoms with Crippen LogP contribution in [0.5, 0.6) is 0 Å². The van der Waals surface area contributed by atoms with E-state index >= 15 is 0 Å².